The van der Waals surface area contributed by atoms with Crippen molar-refractivity contribution in [2.75, 3.05) is 5.32 Å². The highest BCUT2D eigenvalue weighted by Crippen LogP contribution is 2.69. The van der Waals surface area contributed by atoms with Crippen LogP contribution in [0.5, 0.6) is 0 Å². The average Bonchev–Trinajstić information content (AvgIpc) is 2.65. The van der Waals surface area contributed by atoms with Crippen LogP contribution in [0.3, 0.4) is 0 Å². The van der Waals surface area contributed by atoms with Gasteiger partial charge in [-0.1, -0.05) is 58.0 Å². The smallest absolute Gasteiger partial charge is 0.320 e. The number of halogens is 16. The van der Waals surface area contributed by atoms with Crippen molar-refractivity contribution in [3.63, 3.8) is 0 Å². The highest BCUT2D eigenvalue weighted by Gasteiger charge is 3.02. The van der Waals surface area contributed by atoms with Gasteiger partial charge < -0.3 is 5.32 Å². The van der Waals surface area contributed by atoms with E-state index in [-0.39, 0.29) is 0 Å². The normalized spacial score (nSPS) is 24.5. The number of benzene rings is 1. The van der Waals surface area contributed by atoms with E-state index in [1.165, 1.54) is 0 Å². The van der Waals surface area contributed by atoms with Gasteiger partial charge in [-0.25, -0.2) is 4.39 Å². The third kappa shape index (κ3) is 2.88. The molecule has 1 fully saturated rings. The van der Waals surface area contributed by atoms with E-state index in [1.807, 2.05) is 0 Å². The van der Waals surface area contributed by atoms with Crippen LogP contribution in [0.2, 0.25) is 25.1 Å². The van der Waals surface area contributed by atoms with E-state index >= 15 is 0 Å². The SMILES string of the molecule is O=C(Nc1c(Cl)c(Cl)c(Cl)c(Cl)c1Cl)C1(F)C(F)(F)C(F)(F)C(F)(F)C(F)(F)C1(F)F. The molecule has 2 rings (SSSR count). The number of amides is 1. The van der Waals surface area contributed by atoms with Crippen molar-refractivity contribution in [2.45, 2.75) is 35.3 Å². The first-order valence-corrected chi connectivity index (χ1v) is 8.87. The van der Waals surface area contributed by atoms with Crippen LogP contribution in [0.4, 0.5) is 54.0 Å². The van der Waals surface area contributed by atoms with Crippen LogP contribution in [0.15, 0.2) is 0 Å². The van der Waals surface area contributed by atoms with Gasteiger partial charge in [-0.05, 0) is 0 Å². The maximum Gasteiger partial charge on any atom is 0.384 e. The van der Waals surface area contributed by atoms with Crippen LogP contribution in [0.25, 0.3) is 0 Å². The van der Waals surface area contributed by atoms with Gasteiger partial charge in [0, 0.05) is 0 Å². The summed E-state index contributed by atoms with van der Waals surface area (Å²) >= 11 is 27.6. The fraction of sp³-hybridized carbons (Fsp3) is 0.462. The van der Waals surface area contributed by atoms with E-state index in [2.05, 4.69) is 0 Å². The zero-order chi connectivity index (χ0) is 24.7. The van der Waals surface area contributed by atoms with Gasteiger partial charge in [0.1, 0.15) is 0 Å². The molecule has 0 spiro atoms. The predicted molar refractivity (Wildman–Crippen MR) is 88.7 cm³/mol. The summed E-state index contributed by atoms with van der Waals surface area (Å²) in [5, 5.41) is -3.86. The van der Waals surface area contributed by atoms with E-state index in [4.69, 9.17) is 58.0 Å². The number of hydrogen-bond donors (Lipinski definition) is 1. The summed E-state index contributed by atoms with van der Waals surface area (Å²) in [7, 11) is 0. The maximum atomic E-state index is 14.7. The molecule has 0 heterocycles. The Labute approximate surface area is 188 Å². The summed E-state index contributed by atoms with van der Waals surface area (Å²) in [6, 6.07) is 0. The molecule has 0 atom stereocenters. The molecule has 0 bridgehead atoms. The number of alkyl halides is 11. The van der Waals surface area contributed by atoms with Gasteiger partial charge in [0.25, 0.3) is 5.91 Å². The average molecular weight is 573 g/mol. The second kappa shape index (κ2) is 7.18. The molecule has 0 radical (unpaired) electrons. The van der Waals surface area contributed by atoms with Gasteiger partial charge in [-0.15, -0.1) is 0 Å². The molecule has 18 heteroatoms. The quantitative estimate of drug-likeness (QED) is 0.219. The summed E-state index contributed by atoms with van der Waals surface area (Å²) in [5.41, 5.74) is -8.36. The van der Waals surface area contributed by atoms with Gasteiger partial charge >= 0.3 is 35.3 Å². The van der Waals surface area contributed by atoms with Crippen molar-refractivity contribution < 1.29 is 53.1 Å². The highest BCUT2D eigenvalue weighted by molar-refractivity contribution is 6.56. The molecule has 1 aromatic rings. The fourth-order valence-corrected chi connectivity index (χ4v) is 3.65. The van der Waals surface area contributed by atoms with Crippen LogP contribution in [-0.4, -0.2) is 41.2 Å². The summed E-state index contributed by atoms with van der Waals surface area (Å²) in [6.07, 6.45) is 0. The maximum absolute atomic E-state index is 14.7. The molecule has 0 unspecified atom stereocenters. The molecule has 1 aliphatic rings. The zero-order valence-corrected chi connectivity index (χ0v) is 17.2. The Bertz CT molecular complexity index is 909. The number of hydrogen-bond acceptors (Lipinski definition) is 1. The lowest BCUT2D eigenvalue weighted by Crippen LogP contribution is -2.86. The van der Waals surface area contributed by atoms with Crippen LogP contribution in [-0.2, 0) is 4.79 Å². The molecule has 0 aliphatic heterocycles. The summed E-state index contributed by atoms with van der Waals surface area (Å²) in [5.74, 6) is -40.9. The van der Waals surface area contributed by atoms with Crippen molar-refractivity contribution in [3.05, 3.63) is 25.1 Å². The molecular formula is C13HCl5F11NO. The van der Waals surface area contributed by atoms with Crippen molar-refractivity contribution in [1.82, 2.24) is 0 Å². The Morgan fingerprint density at radius 3 is 1.10 bits per heavy atom. The third-order valence-corrected chi connectivity index (χ3v) is 6.48. The first-order chi connectivity index (χ1) is 13.6. The first-order valence-electron chi connectivity index (χ1n) is 6.98. The molecule has 1 aromatic carbocycles. The Kier molecular flexibility index (Phi) is 6.17. The largest absolute Gasteiger partial charge is 0.384 e. The Morgan fingerprint density at radius 1 is 0.516 bits per heavy atom. The van der Waals surface area contributed by atoms with E-state index in [9.17, 15) is 53.1 Å². The number of carbonyl (C=O) groups excluding carboxylic acids is 1. The zero-order valence-electron chi connectivity index (χ0n) is 13.5. The number of carbonyl (C=O) groups is 1. The number of anilines is 1. The number of rotatable bonds is 2. The minimum absolute atomic E-state index is 0.669. The summed E-state index contributed by atoms with van der Waals surface area (Å²) in [6.45, 7) is 0. The summed E-state index contributed by atoms with van der Waals surface area (Å²) in [4.78, 5) is 11.9. The van der Waals surface area contributed by atoms with Gasteiger partial charge in [0.05, 0.1) is 30.8 Å². The Morgan fingerprint density at radius 2 is 0.774 bits per heavy atom. The van der Waals surface area contributed by atoms with Crippen molar-refractivity contribution in [3.8, 4) is 0 Å². The molecule has 1 saturated carbocycles. The van der Waals surface area contributed by atoms with Gasteiger partial charge in [0.2, 0.25) is 0 Å². The number of nitrogens with one attached hydrogen (secondary N) is 1. The molecule has 1 aliphatic carbocycles. The molecule has 0 saturated heterocycles. The lowest BCUT2D eigenvalue weighted by molar-refractivity contribution is -0.475. The van der Waals surface area contributed by atoms with Crippen LogP contribution < -0.4 is 5.32 Å². The van der Waals surface area contributed by atoms with E-state index < -0.39 is 72.0 Å². The Hall–Kier alpha value is -0.630. The lowest BCUT2D eigenvalue weighted by atomic mass is 9.71. The fourth-order valence-electron chi connectivity index (χ4n) is 2.42. The first kappa shape index (κ1) is 26.6. The Balaban J connectivity index is 2.79. The molecule has 1 N–H and O–H groups in total. The van der Waals surface area contributed by atoms with Crippen LogP contribution in [0.1, 0.15) is 0 Å². The van der Waals surface area contributed by atoms with E-state index in [0.717, 1.165) is 5.32 Å². The standard InChI is InChI=1S/C13HCl5F11NO/c14-1-2(15)4(17)6(5(18)3(1)16)30-7(31)8(19)9(20,21)11(24,25)13(28,29)12(26,27)10(8,22)23/h(H,30,31). The molecule has 31 heavy (non-hydrogen) atoms. The van der Waals surface area contributed by atoms with Crippen molar-refractivity contribution in [1.29, 1.82) is 0 Å². The monoisotopic (exact) mass is 571 g/mol. The second-order valence-corrected chi connectivity index (χ2v) is 7.82. The molecule has 2 nitrogen and oxygen atoms in total. The highest BCUT2D eigenvalue weighted by atomic mass is 35.5. The molecular weight excluding hydrogens is 572 g/mol. The minimum atomic E-state index is -7.48. The predicted octanol–water partition coefficient (Wildman–Crippen LogP) is 7.79. The van der Waals surface area contributed by atoms with Gasteiger partial charge in [-0.2, -0.15) is 43.9 Å². The van der Waals surface area contributed by atoms with E-state index in [1.54, 1.807) is 0 Å². The van der Waals surface area contributed by atoms with E-state index in [0.29, 0.717) is 0 Å². The van der Waals surface area contributed by atoms with Crippen molar-refractivity contribution in [2.24, 2.45) is 0 Å². The van der Waals surface area contributed by atoms with Gasteiger partial charge in [-0.3, -0.25) is 4.79 Å². The van der Waals surface area contributed by atoms with Gasteiger partial charge in [0.15, 0.2) is 0 Å². The second-order valence-electron chi connectivity index (χ2n) is 5.93. The lowest BCUT2D eigenvalue weighted by Gasteiger charge is -2.51. The minimum Gasteiger partial charge on any atom is -0.320 e. The van der Waals surface area contributed by atoms with Crippen molar-refractivity contribution >= 4 is 69.6 Å². The van der Waals surface area contributed by atoms with Crippen LogP contribution >= 0.6 is 58.0 Å². The topological polar surface area (TPSA) is 29.1 Å². The molecule has 176 valence electrons. The third-order valence-electron chi connectivity index (χ3n) is 4.20. The molecule has 0 aromatic heterocycles. The summed E-state index contributed by atoms with van der Waals surface area (Å²) < 4.78 is 151. The van der Waals surface area contributed by atoms with Crippen LogP contribution in [0, 0.1) is 0 Å². The molecule has 1 amide bonds.